The number of sulfonamides is 1. The third kappa shape index (κ3) is 5.07. The Morgan fingerprint density at radius 3 is 2.68 bits per heavy atom. The summed E-state index contributed by atoms with van der Waals surface area (Å²) in [5.41, 5.74) is 9.80. The van der Waals surface area contributed by atoms with Gasteiger partial charge in [-0.25, -0.2) is 18.1 Å². The molecule has 10 heteroatoms. The Hall–Kier alpha value is -2.46. The third-order valence-corrected chi connectivity index (χ3v) is 6.65. The number of ether oxygens (including phenoxy) is 1. The van der Waals surface area contributed by atoms with Crippen LogP contribution in [0.3, 0.4) is 0 Å². The van der Waals surface area contributed by atoms with Crippen LogP contribution in [0.1, 0.15) is 17.7 Å². The van der Waals surface area contributed by atoms with Crippen molar-refractivity contribution in [3.05, 3.63) is 47.8 Å². The molecule has 0 amide bonds. The van der Waals surface area contributed by atoms with Gasteiger partial charge < -0.3 is 15.0 Å². The van der Waals surface area contributed by atoms with E-state index in [2.05, 4.69) is 14.9 Å². The summed E-state index contributed by atoms with van der Waals surface area (Å²) in [4.78, 5) is 4.48. The van der Waals surface area contributed by atoms with Gasteiger partial charge in [0.15, 0.2) is 5.76 Å². The van der Waals surface area contributed by atoms with Crippen LogP contribution in [0.5, 0.6) is 0 Å². The topological polar surface area (TPSA) is 120 Å². The molecule has 0 bridgehead atoms. The van der Waals surface area contributed by atoms with Crippen molar-refractivity contribution in [3.8, 4) is 22.5 Å². The summed E-state index contributed by atoms with van der Waals surface area (Å²) in [6, 6.07) is 8.67. The van der Waals surface area contributed by atoms with Crippen LogP contribution in [0.2, 0.25) is 0 Å². The second-order valence-corrected chi connectivity index (χ2v) is 9.31. The minimum absolute atomic E-state index is 0. The summed E-state index contributed by atoms with van der Waals surface area (Å²) in [5.74, 6) is 1.04. The first-order valence-electron chi connectivity index (χ1n) is 9.71. The molecule has 1 saturated heterocycles. The second-order valence-electron chi connectivity index (χ2n) is 7.55. The Labute approximate surface area is 187 Å². The average Bonchev–Trinajstić information content (AvgIpc) is 3.39. The summed E-state index contributed by atoms with van der Waals surface area (Å²) >= 11 is 0. The van der Waals surface area contributed by atoms with Gasteiger partial charge in [-0.15, -0.1) is 12.4 Å². The van der Waals surface area contributed by atoms with Gasteiger partial charge in [-0.05, 0) is 55.5 Å². The zero-order valence-corrected chi connectivity index (χ0v) is 18.9. The number of nitrogen functional groups attached to an aromatic ring is 1. The van der Waals surface area contributed by atoms with Gasteiger partial charge in [-0.3, -0.25) is 0 Å². The van der Waals surface area contributed by atoms with Crippen molar-refractivity contribution in [1.82, 2.24) is 14.9 Å². The molecule has 1 atom stereocenters. The molecule has 1 fully saturated rings. The molecule has 0 aliphatic carbocycles. The van der Waals surface area contributed by atoms with Crippen molar-refractivity contribution in [3.63, 3.8) is 0 Å². The maximum absolute atomic E-state index is 12.8. The highest BCUT2D eigenvalue weighted by Crippen LogP contribution is 2.32. The second kappa shape index (κ2) is 9.35. The fourth-order valence-electron chi connectivity index (χ4n) is 3.44. The van der Waals surface area contributed by atoms with Gasteiger partial charge in [-0.1, -0.05) is 11.2 Å². The maximum Gasteiger partial charge on any atom is 0.240 e. The molecule has 3 heterocycles. The van der Waals surface area contributed by atoms with E-state index < -0.39 is 10.0 Å². The summed E-state index contributed by atoms with van der Waals surface area (Å²) in [6.07, 6.45) is 2.49. The van der Waals surface area contributed by atoms with Crippen LogP contribution in [-0.2, 0) is 14.8 Å². The molecule has 166 valence electrons. The van der Waals surface area contributed by atoms with Crippen LogP contribution in [-0.4, -0.2) is 38.3 Å². The van der Waals surface area contributed by atoms with E-state index in [0.29, 0.717) is 36.9 Å². The number of aryl methyl sites for hydroxylation is 2. The Bertz CT molecular complexity index is 1170. The highest BCUT2D eigenvalue weighted by atomic mass is 35.5. The predicted octanol–water partition coefficient (Wildman–Crippen LogP) is 3.34. The van der Waals surface area contributed by atoms with Gasteiger partial charge in [0, 0.05) is 31.0 Å². The average molecular weight is 465 g/mol. The van der Waals surface area contributed by atoms with Crippen molar-refractivity contribution in [2.45, 2.75) is 25.2 Å². The van der Waals surface area contributed by atoms with E-state index in [1.807, 2.05) is 19.9 Å². The molecule has 4 rings (SSSR count). The molecule has 1 aliphatic heterocycles. The first-order chi connectivity index (χ1) is 14.3. The quantitative estimate of drug-likeness (QED) is 0.573. The molecule has 0 saturated carbocycles. The van der Waals surface area contributed by atoms with Gasteiger partial charge in [-0.2, -0.15) is 0 Å². The number of hydrogen-bond donors (Lipinski definition) is 2. The molecule has 8 nitrogen and oxygen atoms in total. The van der Waals surface area contributed by atoms with E-state index in [1.165, 1.54) is 0 Å². The number of nitrogens with two attached hydrogens (primary N) is 1. The third-order valence-electron chi connectivity index (χ3n) is 5.23. The SMILES string of the molecule is Cc1cc(-c2cc(-c3cc(S(=O)(=O)NC[C@H]4CCOC4)ccc3C)cnc2N)on1.Cl. The Morgan fingerprint density at radius 1 is 1.19 bits per heavy atom. The number of benzene rings is 1. The minimum Gasteiger partial charge on any atom is -0.383 e. The fraction of sp³-hybridized carbons (Fsp3) is 0.333. The van der Waals surface area contributed by atoms with Crippen LogP contribution < -0.4 is 10.5 Å². The summed E-state index contributed by atoms with van der Waals surface area (Å²) in [6.45, 7) is 5.37. The molecule has 2 aromatic heterocycles. The van der Waals surface area contributed by atoms with Crippen molar-refractivity contribution >= 4 is 28.2 Å². The van der Waals surface area contributed by atoms with Crippen LogP contribution >= 0.6 is 12.4 Å². The van der Waals surface area contributed by atoms with Gasteiger partial charge >= 0.3 is 0 Å². The van der Waals surface area contributed by atoms with E-state index >= 15 is 0 Å². The minimum atomic E-state index is -3.64. The highest BCUT2D eigenvalue weighted by Gasteiger charge is 2.21. The summed E-state index contributed by atoms with van der Waals surface area (Å²) in [7, 11) is -3.64. The Morgan fingerprint density at radius 2 is 2.00 bits per heavy atom. The monoisotopic (exact) mass is 464 g/mol. The van der Waals surface area contributed by atoms with Crippen LogP contribution in [0.15, 0.2) is 45.9 Å². The van der Waals surface area contributed by atoms with E-state index in [0.717, 1.165) is 28.8 Å². The summed E-state index contributed by atoms with van der Waals surface area (Å²) in [5, 5.41) is 3.90. The number of nitrogens with one attached hydrogen (secondary N) is 1. The van der Waals surface area contributed by atoms with Crippen molar-refractivity contribution in [1.29, 1.82) is 0 Å². The molecular formula is C21H25ClN4O4S. The number of pyridine rings is 1. The Balaban J connectivity index is 0.00000272. The lowest BCUT2D eigenvalue weighted by Gasteiger charge is -2.13. The van der Waals surface area contributed by atoms with Gasteiger partial charge in [0.25, 0.3) is 0 Å². The zero-order valence-electron chi connectivity index (χ0n) is 17.3. The molecule has 1 aliphatic rings. The van der Waals surface area contributed by atoms with Gasteiger partial charge in [0.05, 0.1) is 22.8 Å². The lowest BCUT2D eigenvalue weighted by Crippen LogP contribution is -2.29. The number of hydrogen-bond acceptors (Lipinski definition) is 7. The molecule has 3 aromatic rings. The number of aromatic nitrogens is 2. The molecule has 1 aromatic carbocycles. The first kappa shape index (κ1) is 23.2. The van der Waals surface area contributed by atoms with Crippen LogP contribution in [0.4, 0.5) is 5.82 Å². The molecular weight excluding hydrogens is 440 g/mol. The molecule has 0 spiro atoms. The standard InChI is InChI=1S/C21H24N4O4S.ClH/c1-13-3-4-17(30(26,27)24-10-15-5-6-28-12-15)9-18(13)16-8-19(21(22)23-11-16)20-7-14(2)25-29-20;/h3-4,7-9,11,15,24H,5-6,10,12H2,1-2H3,(H2,22,23);1H/t15-;/m1./s1. The van der Waals surface area contributed by atoms with E-state index in [1.54, 1.807) is 30.5 Å². The maximum atomic E-state index is 12.8. The number of nitrogens with zero attached hydrogens (tertiary/aromatic N) is 2. The highest BCUT2D eigenvalue weighted by molar-refractivity contribution is 7.89. The van der Waals surface area contributed by atoms with E-state index in [4.69, 9.17) is 15.0 Å². The fourth-order valence-corrected chi connectivity index (χ4v) is 4.59. The van der Waals surface area contributed by atoms with Gasteiger partial charge in [0.1, 0.15) is 5.82 Å². The molecule has 0 radical (unpaired) electrons. The Kier molecular flexibility index (Phi) is 7.00. The zero-order chi connectivity index (χ0) is 21.3. The first-order valence-corrected chi connectivity index (χ1v) is 11.2. The smallest absolute Gasteiger partial charge is 0.240 e. The number of anilines is 1. The largest absolute Gasteiger partial charge is 0.383 e. The summed E-state index contributed by atoms with van der Waals surface area (Å²) < 4.78 is 39.0. The number of halogens is 1. The van der Waals surface area contributed by atoms with Crippen molar-refractivity contribution < 1.29 is 17.7 Å². The lowest BCUT2D eigenvalue weighted by molar-refractivity contribution is 0.186. The molecule has 3 N–H and O–H groups in total. The number of rotatable bonds is 6. The lowest BCUT2D eigenvalue weighted by atomic mass is 10.00. The van der Waals surface area contributed by atoms with Crippen LogP contribution in [0, 0.1) is 19.8 Å². The molecule has 31 heavy (non-hydrogen) atoms. The van der Waals surface area contributed by atoms with Gasteiger partial charge in [0.2, 0.25) is 10.0 Å². The van der Waals surface area contributed by atoms with Crippen LogP contribution in [0.25, 0.3) is 22.5 Å². The van der Waals surface area contributed by atoms with Crippen molar-refractivity contribution in [2.75, 3.05) is 25.5 Å². The van der Waals surface area contributed by atoms with E-state index in [9.17, 15) is 8.42 Å². The predicted molar refractivity (Wildman–Crippen MR) is 120 cm³/mol. The normalized spacial score (nSPS) is 16.3. The van der Waals surface area contributed by atoms with E-state index in [-0.39, 0.29) is 23.2 Å². The molecule has 0 unspecified atom stereocenters. The van der Waals surface area contributed by atoms with Crippen molar-refractivity contribution in [2.24, 2.45) is 5.92 Å².